The Bertz CT molecular complexity index is 115. The highest BCUT2D eigenvalue weighted by Gasteiger charge is 2.32. The first-order valence-corrected chi connectivity index (χ1v) is 4.94. The monoisotopic (exact) mass is 252 g/mol. The summed E-state index contributed by atoms with van der Waals surface area (Å²) in [7, 11) is 0. The summed E-state index contributed by atoms with van der Waals surface area (Å²) in [5.41, 5.74) is 0. The number of hydrogen-bond acceptors (Lipinski definition) is 2. The van der Waals surface area contributed by atoms with E-state index in [1.165, 1.54) is 32.6 Å². The van der Waals surface area contributed by atoms with Crippen LogP contribution in [0.2, 0.25) is 0 Å². The summed E-state index contributed by atoms with van der Waals surface area (Å²) in [5.74, 6) is 1.95. The third kappa shape index (κ3) is 1.31. The van der Waals surface area contributed by atoms with E-state index >= 15 is 0 Å². The molecule has 2 nitrogen and oxygen atoms in total. The molecule has 0 aliphatic carbocycles. The Hall–Kier alpha value is 0.650. The van der Waals surface area contributed by atoms with Gasteiger partial charge in [0.15, 0.2) is 0 Å². The molecule has 0 aromatic carbocycles. The molecule has 2 atom stereocenters. The summed E-state index contributed by atoms with van der Waals surface area (Å²) in [4.78, 5) is 0. The first kappa shape index (κ1) is 7.31. The van der Waals surface area contributed by atoms with Crippen molar-refractivity contribution in [2.45, 2.75) is 6.42 Å². The maximum atomic E-state index is 3.45. The summed E-state index contributed by atoms with van der Waals surface area (Å²) in [5, 5.41) is 3.45. The highest BCUT2D eigenvalue weighted by molar-refractivity contribution is 14.1. The predicted octanol–water partition coefficient (Wildman–Crippen LogP) is 0.878. The minimum atomic E-state index is 0.950. The van der Waals surface area contributed by atoms with Crippen LogP contribution in [-0.4, -0.2) is 29.3 Å². The Morgan fingerprint density at radius 1 is 1.30 bits per heavy atom. The SMILES string of the molecule is IN1CC2CCNCC2C1. The van der Waals surface area contributed by atoms with Crippen molar-refractivity contribution < 1.29 is 0 Å². The Balaban J connectivity index is 1.97. The number of hydrogen-bond donors (Lipinski definition) is 1. The zero-order valence-electron chi connectivity index (χ0n) is 6.02. The second-order valence-electron chi connectivity index (χ2n) is 3.34. The smallest absolute Gasteiger partial charge is 0.0201 e. The molecule has 2 aliphatic rings. The molecule has 2 unspecified atom stereocenters. The van der Waals surface area contributed by atoms with Crippen molar-refractivity contribution in [3.63, 3.8) is 0 Å². The van der Waals surface area contributed by atoms with Gasteiger partial charge in [0.2, 0.25) is 0 Å². The van der Waals surface area contributed by atoms with Crippen LogP contribution < -0.4 is 5.32 Å². The largest absolute Gasteiger partial charge is 0.316 e. The molecule has 0 saturated carbocycles. The lowest BCUT2D eigenvalue weighted by molar-refractivity contribution is 0.318. The number of nitrogens with zero attached hydrogens (tertiary/aromatic N) is 1. The number of piperidine rings is 1. The van der Waals surface area contributed by atoms with Crippen molar-refractivity contribution in [1.29, 1.82) is 0 Å². The van der Waals surface area contributed by atoms with E-state index in [2.05, 4.69) is 31.3 Å². The normalized spacial score (nSPS) is 41.7. The zero-order chi connectivity index (χ0) is 6.97. The van der Waals surface area contributed by atoms with Crippen molar-refractivity contribution in [3.05, 3.63) is 0 Å². The van der Waals surface area contributed by atoms with Gasteiger partial charge in [-0.05, 0) is 31.3 Å². The van der Waals surface area contributed by atoms with Crippen LogP contribution in [0.25, 0.3) is 0 Å². The summed E-state index contributed by atoms with van der Waals surface area (Å²) in [6.07, 6.45) is 1.39. The van der Waals surface area contributed by atoms with Crippen LogP contribution in [0.5, 0.6) is 0 Å². The average molecular weight is 252 g/mol. The van der Waals surface area contributed by atoms with Gasteiger partial charge in [0.1, 0.15) is 0 Å². The molecule has 2 saturated heterocycles. The van der Waals surface area contributed by atoms with Crippen molar-refractivity contribution in [2.24, 2.45) is 11.8 Å². The number of rotatable bonds is 0. The molecule has 0 spiro atoms. The second kappa shape index (κ2) is 2.95. The van der Waals surface area contributed by atoms with Crippen LogP contribution in [0, 0.1) is 11.8 Å². The third-order valence-electron chi connectivity index (χ3n) is 2.63. The van der Waals surface area contributed by atoms with Gasteiger partial charge in [-0.25, -0.2) is 3.11 Å². The van der Waals surface area contributed by atoms with E-state index in [4.69, 9.17) is 0 Å². The average Bonchev–Trinajstić information content (AvgIpc) is 2.27. The van der Waals surface area contributed by atoms with Gasteiger partial charge >= 0.3 is 0 Å². The van der Waals surface area contributed by atoms with Crippen molar-refractivity contribution in [2.75, 3.05) is 26.2 Å². The van der Waals surface area contributed by atoms with Crippen LogP contribution >= 0.6 is 22.9 Å². The summed E-state index contributed by atoms with van der Waals surface area (Å²) >= 11 is 2.44. The molecule has 2 aliphatic heterocycles. The quantitative estimate of drug-likeness (QED) is 0.508. The van der Waals surface area contributed by atoms with Gasteiger partial charge in [-0.15, -0.1) is 0 Å². The molecular weight excluding hydrogens is 239 g/mol. The zero-order valence-corrected chi connectivity index (χ0v) is 8.17. The minimum Gasteiger partial charge on any atom is -0.316 e. The predicted molar refractivity (Wildman–Crippen MR) is 50.1 cm³/mol. The van der Waals surface area contributed by atoms with E-state index < -0.39 is 0 Å². The molecule has 0 radical (unpaired) electrons. The Morgan fingerprint density at radius 3 is 2.90 bits per heavy atom. The van der Waals surface area contributed by atoms with E-state index in [9.17, 15) is 0 Å². The first-order valence-electron chi connectivity index (χ1n) is 3.97. The summed E-state index contributed by atoms with van der Waals surface area (Å²) < 4.78 is 2.43. The molecule has 0 aromatic rings. The molecule has 0 bridgehead atoms. The molecular formula is C7H13IN2. The molecule has 0 aromatic heterocycles. The second-order valence-corrected chi connectivity index (χ2v) is 4.71. The lowest BCUT2D eigenvalue weighted by Crippen LogP contribution is -2.35. The number of nitrogens with one attached hydrogen (secondary N) is 1. The fraction of sp³-hybridized carbons (Fsp3) is 1.00. The highest BCUT2D eigenvalue weighted by atomic mass is 127. The molecule has 1 N–H and O–H groups in total. The standard InChI is InChI=1S/C7H13IN2/c8-10-4-6-1-2-9-3-7(6)5-10/h6-7,9H,1-5H2. The van der Waals surface area contributed by atoms with Crippen molar-refractivity contribution in [3.8, 4) is 0 Å². The molecule has 0 amide bonds. The van der Waals surface area contributed by atoms with Gasteiger partial charge in [-0.1, -0.05) is 0 Å². The molecule has 10 heavy (non-hydrogen) atoms. The summed E-state index contributed by atoms with van der Waals surface area (Å²) in [6.45, 7) is 5.13. The summed E-state index contributed by atoms with van der Waals surface area (Å²) in [6, 6.07) is 0. The molecule has 2 heterocycles. The molecule has 2 rings (SSSR count). The van der Waals surface area contributed by atoms with Crippen LogP contribution in [0.1, 0.15) is 6.42 Å². The van der Waals surface area contributed by atoms with Gasteiger partial charge in [0.05, 0.1) is 0 Å². The highest BCUT2D eigenvalue weighted by Crippen LogP contribution is 2.29. The Kier molecular flexibility index (Phi) is 2.15. The minimum absolute atomic E-state index is 0.950. The fourth-order valence-electron chi connectivity index (χ4n) is 2.01. The maximum Gasteiger partial charge on any atom is 0.0201 e. The van der Waals surface area contributed by atoms with E-state index in [1.807, 2.05) is 0 Å². The van der Waals surface area contributed by atoms with Crippen molar-refractivity contribution in [1.82, 2.24) is 8.43 Å². The van der Waals surface area contributed by atoms with Gasteiger partial charge in [0, 0.05) is 36.0 Å². The van der Waals surface area contributed by atoms with Gasteiger partial charge in [-0.3, -0.25) is 0 Å². The van der Waals surface area contributed by atoms with Gasteiger partial charge in [-0.2, -0.15) is 0 Å². The first-order chi connectivity index (χ1) is 4.86. The van der Waals surface area contributed by atoms with E-state index in [1.54, 1.807) is 0 Å². The Morgan fingerprint density at radius 2 is 2.10 bits per heavy atom. The third-order valence-corrected chi connectivity index (χ3v) is 3.42. The van der Waals surface area contributed by atoms with Crippen molar-refractivity contribution >= 4 is 22.9 Å². The van der Waals surface area contributed by atoms with E-state index in [-0.39, 0.29) is 0 Å². The molecule has 3 heteroatoms. The van der Waals surface area contributed by atoms with E-state index in [0.29, 0.717) is 0 Å². The van der Waals surface area contributed by atoms with Crippen LogP contribution in [0.4, 0.5) is 0 Å². The van der Waals surface area contributed by atoms with Gasteiger partial charge < -0.3 is 5.32 Å². The van der Waals surface area contributed by atoms with Crippen LogP contribution in [-0.2, 0) is 0 Å². The topological polar surface area (TPSA) is 15.3 Å². The lowest BCUT2D eigenvalue weighted by Gasteiger charge is -2.24. The molecule has 58 valence electrons. The number of fused-ring (bicyclic) bond motifs is 1. The number of halogens is 1. The van der Waals surface area contributed by atoms with Gasteiger partial charge in [0.25, 0.3) is 0 Å². The van der Waals surface area contributed by atoms with Crippen LogP contribution in [0.15, 0.2) is 0 Å². The molecule has 2 fully saturated rings. The maximum absolute atomic E-state index is 3.45. The van der Waals surface area contributed by atoms with Crippen LogP contribution in [0.3, 0.4) is 0 Å². The Labute approximate surface area is 75.8 Å². The fourth-order valence-corrected chi connectivity index (χ4v) is 3.03. The van der Waals surface area contributed by atoms with E-state index in [0.717, 1.165) is 11.8 Å². The lowest BCUT2D eigenvalue weighted by atomic mass is 9.90.